The third-order valence-electron chi connectivity index (χ3n) is 6.87. The van der Waals surface area contributed by atoms with Gasteiger partial charge in [0.15, 0.2) is 0 Å². The fourth-order valence-corrected chi connectivity index (χ4v) is 4.99. The van der Waals surface area contributed by atoms with Crippen molar-refractivity contribution in [1.82, 2.24) is 15.1 Å². The number of hydrogen-bond donors (Lipinski definition) is 1. The minimum Gasteiger partial charge on any atom is -0.444 e. The molecule has 4 rings (SSSR count). The van der Waals surface area contributed by atoms with E-state index >= 15 is 0 Å². The highest BCUT2D eigenvalue weighted by Gasteiger charge is 2.40. The Morgan fingerprint density at radius 3 is 2.44 bits per heavy atom. The second kappa shape index (κ2) is 10.3. The number of rotatable bonds is 4. The molecule has 1 aromatic rings. The summed E-state index contributed by atoms with van der Waals surface area (Å²) < 4.78 is 11.2. The molecule has 2 saturated heterocycles. The van der Waals surface area contributed by atoms with Crippen LogP contribution in [-0.2, 0) is 32.0 Å². The van der Waals surface area contributed by atoms with Gasteiger partial charge in [0.05, 0.1) is 12.6 Å². The fraction of sp³-hybridized carbons (Fsp3) is 0.654. The number of benzene rings is 1. The van der Waals surface area contributed by atoms with Gasteiger partial charge >= 0.3 is 6.09 Å². The molecule has 0 bridgehead atoms. The molecule has 3 aliphatic heterocycles. The maximum Gasteiger partial charge on any atom is 0.411 e. The Kier molecular flexibility index (Phi) is 7.45. The summed E-state index contributed by atoms with van der Waals surface area (Å²) in [5.41, 5.74) is 1.49. The number of likely N-dealkylation sites (tertiary alicyclic amines) is 1. The van der Waals surface area contributed by atoms with Gasteiger partial charge in [-0.25, -0.2) is 4.79 Å². The van der Waals surface area contributed by atoms with Gasteiger partial charge in [0.1, 0.15) is 11.6 Å². The zero-order valence-corrected chi connectivity index (χ0v) is 20.5. The smallest absolute Gasteiger partial charge is 0.411 e. The van der Waals surface area contributed by atoms with Gasteiger partial charge in [-0.15, -0.1) is 0 Å². The molecule has 3 aliphatic rings. The van der Waals surface area contributed by atoms with Crippen LogP contribution in [0, 0.1) is 5.92 Å². The molecule has 2 fully saturated rings. The zero-order valence-electron chi connectivity index (χ0n) is 20.5. The summed E-state index contributed by atoms with van der Waals surface area (Å²) in [4.78, 5) is 42.6. The number of carbonyl (C=O) groups excluding carboxylic acids is 3. The van der Waals surface area contributed by atoms with Crippen LogP contribution in [0.1, 0.15) is 57.6 Å². The van der Waals surface area contributed by atoms with Crippen molar-refractivity contribution in [3.63, 3.8) is 0 Å². The first-order valence-corrected chi connectivity index (χ1v) is 12.5. The molecule has 0 saturated carbocycles. The Morgan fingerprint density at radius 2 is 1.79 bits per heavy atom. The molecule has 0 spiro atoms. The van der Waals surface area contributed by atoms with Crippen molar-refractivity contribution in [2.75, 3.05) is 26.2 Å². The molecule has 34 heavy (non-hydrogen) atoms. The van der Waals surface area contributed by atoms with Crippen LogP contribution in [0.3, 0.4) is 0 Å². The lowest BCUT2D eigenvalue weighted by molar-refractivity contribution is -0.140. The maximum absolute atomic E-state index is 13.6. The topological polar surface area (TPSA) is 88.2 Å². The van der Waals surface area contributed by atoms with Crippen molar-refractivity contribution in [3.8, 4) is 0 Å². The Balaban J connectivity index is 1.38. The third kappa shape index (κ3) is 5.90. The fourth-order valence-electron chi connectivity index (χ4n) is 4.99. The molecule has 1 aromatic carbocycles. The molecule has 1 unspecified atom stereocenters. The Hall–Kier alpha value is -2.61. The number of amides is 3. The largest absolute Gasteiger partial charge is 0.444 e. The Morgan fingerprint density at radius 1 is 1.09 bits per heavy atom. The van der Waals surface area contributed by atoms with E-state index in [0.29, 0.717) is 45.4 Å². The van der Waals surface area contributed by atoms with Crippen molar-refractivity contribution in [2.45, 2.75) is 77.2 Å². The van der Waals surface area contributed by atoms with Gasteiger partial charge in [0.2, 0.25) is 11.8 Å². The standard InChI is InChI=1S/C26H37N3O5/c1-26(2,3)34-25(32)29-17-20-8-5-4-7-19(20)15-22(29)24(31)28-12-10-18(11-13-28)23(30)27-16-21-9-6-14-33-21/h4-5,7-8,18,21-22H,6,9-17H2,1-3H3,(H,27,30)/t21?,22-/m0/s1. The number of piperidine rings is 1. The number of carbonyl (C=O) groups is 3. The quantitative estimate of drug-likeness (QED) is 0.730. The molecule has 3 amide bonds. The minimum absolute atomic E-state index is 0.0459. The summed E-state index contributed by atoms with van der Waals surface area (Å²) in [6.45, 7) is 8.19. The lowest BCUT2D eigenvalue weighted by Gasteiger charge is -2.40. The second-order valence-corrected chi connectivity index (χ2v) is 10.6. The molecule has 0 aromatic heterocycles. The van der Waals surface area contributed by atoms with Gasteiger partial charge in [0, 0.05) is 38.6 Å². The van der Waals surface area contributed by atoms with Gasteiger partial charge in [0.25, 0.3) is 0 Å². The SMILES string of the molecule is CC(C)(C)OC(=O)N1Cc2ccccc2C[C@H]1C(=O)N1CCC(C(=O)NCC2CCCO2)CC1. The van der Waals surface area contributed by atoms with E-state index in [2.05, 4.69) is 5.32 Å². The molecule has 8 nitrogen and oxygen atoms in total. The molecular weight excluding hydrogens is 434 g/mol. The van der Waals surface area contributed by atoms with Gasteiger partial charge < -0.3 is 19.7 Å². The van der Waals surface area contributed by atoms with Crippen LogP contribution < -0.4 is 5.32 Å². The average molecular weight is 472 g/mol. The zero-order chi connectivity index (χ0) is 24.3. The summed E-state index contributed by atoms with van der Waals surface area (Å²) >= 11 is 0. The van der Waals surface area contributed by atoms with E-state index in [1.165, 1.54) is 0 Å². The summed E-state index contributed by atoms with van der Waals surface area (Å²) in [5, 5.41) is 3.02. The normalized spacial score (nSPS) is 23.4. The van der Waals surface area contributed by atoms with Crippen molar-refractivity contribution in [2.24, 2.45) is 5.92 Å². The van der Waals surface area contributed by atoms with Crippen LogP contribution in [0.25, 0.3) is 0 Å². The molecule has 186 valence electrons. The lowest BCUT2D eigenvalue weighted by atomic mass is 9.91. The van der Waals surface area contributed by atoms with E-state index < -0.39 is 17.7 Å². The first-order chi connectivity index (χ1) is 16.2. The first kappa shape index (κ1) is 24.5. The number of fused-ring (bicyclic) bond motifs is 1. The molecule has 1 N–H and O–H groups in total. The molecule has 8 heteroatoms. The Bertz CT molecular complexity index is 898. The molecule has 0 radical (unpaired) electrons. The predicted octanol–water partition coefficient (Wildman–Crippen LogP) is 2.88. The number of hydrogen-bond acceptors (Lipinski definition) is 5. The lowest BCUT2D eigenvalue weighted by Crippen LogP contribution is -2.56. The van der Waals surface area contributed by atoms with Crippen LogP contribution in [0.15, 0.2) is 24.3 Å². The van der Waals surface area contributed by atoms with E-state index in [0.717, 1.165) is 30.6 Å². The highest BCUT2D eigenvalue weighted by molar-refractivity contribution is 5.87. The van der Waals surface area contributed by atoms with E-state index in [4.69, 9.17) is 9.47 Å². The van der Waals surface area contributed by atoms with Crippen LogP contribution >= 0.6 is 0 Å². The summed E-state index contributed by atoms with van der Waals surface area (Å²) in [6, 6.07) is 7.32. The van der Waals surface area contributed by atoms with E-state index in [1.54, 1.807) is 9.80 Å². The first-order valence-electron chi connectivity index (χ1n) is 12.5. The van der Waals surface area contributed by atoms with Crippen molar-refractivity contribution < 1.29 is 23.9 Å². The summed E-state index contributed by atoms with van der Waals surface area (Å²) in [5.74, 6) is -0.123. The number of ether oxygens (including phenoxy) is 2. The van der Waals surface area contributed by atoms with Gasteiger partial charge in [-0.3, -0.25) is 14.5 Å². The average Bonchev–Trinajstić information content (AvgIpc) is 3.34. The number of nitrogens with one attached hydrogen (secondary N) is 1. The highest BCUT2D eigenvalue weighted by Crippen LogP contribution is 2.28. The minimum atomic E-state index is -0.642. The van der Waals surface area contributed by atoms with Gasteiger partial charge in [-0.1, -0.05) is 24.3 Å². The second-order valence-electron chi connectivity index (χ2n) is 10.6. The molecule has 0 aliphatic carbocycles. The highest BCUT2D eigenvalue weighted by atomic mass is 16.6. The summed E-state index contributed by atoms with van der Waals surface area (Å²) in [7, 11) is 0. The summed E-state index contributed by atoms with van der Waals surface area (Å²) in [6.07, 6.45) is 3.41. The monoisotopic (exact) mass is 471 g/mol. The van der Waals surface area contributed by atoms with Crippen LogP contribution in [0.5, 0.6) is 0 Å². The molecule has 2 atom stereocenters. The van der Waals surface area contributed by atoms with E-state index in [-0.39, 0.29) is 23.8 Å². The van der Waals surface area contributed by atoms with Crippen molar-refractivity contribution in [3.05, 3.63) is 35.4 Å². The predicted molar refractivity (Wildman–Crippen MR) is 127 cm³/mol. The van der Waals surface area contributed by atoms with Crippen molar-refractivity contribution in [1.29, 1.82) is 0 Å². The van der Waals surface area contributed by atoms with E-state index in [1.807, 2.05) is 45.0 Å². The Labute approximate surface area is 201 Å². The van der Waals surface area contributed by atoms with Gasteiger partial charge in [-0.05, 0) is 57.6 Å². The molecular formula is C26H37N3O5. The van der Waals surface area contributed by atoms with Crippen LogP contribution in [-0.4, -0.2) is 71.7 Å². The van der Waals surface area contributed by atoms with Crippen molar-refractivity contribution >= 4 is 17.9 Å². The van der Waals surface area contributed by atoms with Crippen LogP contribution in [0.4, 0.5) is 4.79 Å². The maximum atomic E-state index is 13.6. The van der Waals surface area contributed by atoms with Gasteiger partial charge in [-0.2, -0.15) is 0 Å². The third-order valence-corrected chi connectivity index (χ3v) is 6.87. The van der Waals surface area contributed by atoms with Crippen LogP contribution in [0.2, 0.25) is 0 Å². The number of nitrogens with zero attached hydrogens (tertiary/aromatic N) is 2. The molecule has 3 heterocycles. The van der Waals surface area contributed by atoms with E-state index in [9.17, 15) is 14.4 Å².